The highest BCUT2D eigenvalue weighted by molar-refractivity contribution is 5.14. The predicted octanol–water partition coefficient (Wildman–Crippen LogP) is 2.65. The molecular weight excluding hydrogens is 328 g/mol. The SMILES string of the molecule is O=c1ccc(C2CC2)nn1CC1CCCN1Cc1nc2c(o1)CCCC2. The standard InChI is InChI=1S/C20H26N4O2/c25-20-10-9-16(14-7-8-14)22-24(20)12-15-4-3-11-23(15)13-19-21-17-5-1-2-6-18(17)26-19/h9-10,14-15H,1-8,11-13H2. The van der Waals surface area contributed by atoms with Crippen LogP contribution >= 0.6 is 0 Å². The summed E-state index contributed by atoms with van der Waals surface area (Å²) in [6.45, 7) is 2.45. The maximum absolute atomic E-state index is 12.3. The van der Waals surface area contributed by atoms with Gasteiger partial charge in [0.15, 0.2) is 0 Å². The molecule has 2 fully saturated rings. The van der Waals surface area contributed by atoms with Gasteiger partial charge in [0.25, 0.3) is 5.56 Å². The van der Waals surface area contributed by atoms with Crippen molar-refractivity contribution in [2.24, 2.45) is 0 Å². The van der Waals surface area contributed by atoms with Crippen LogP contribution in [0.5, 0.6) is 0 Å². The molecule has 3 heterocycles. The Morgan fingerprint density at radius 3 is 2.85 bits per heavy atom. The number of fused-ring (bicyclic) bond motifs is 1. The summed E-state index contributed by atoms with van der Waals surface area (Å²) in [5.41, 5.74) is 2.25. The van der Waals surface area contributed by atoms with Crippen LogP contribution < -0.4 is 5.56 Å². The maximum atomic E-state index is 12.3. The summed E-state index contributed by atoms with van der Waals surface area (Å²) in [5.74, 6) is 2.51. The molecule has 6 nitrogen and oxygen atoms in total. The molecule has 1 saturated carbocycles. The molecule has 1 atom stereocenters. The second-order valence-corrected chi connectivity index (χ2v) is 8.00. The zero-order valence-corrected chi connectivity index (χ0v) is 15.2. The summed E-state index contributed by atoms with van der Waals surface area (Å²) in [4.78, 5) is 19.4. The highest BCUT2D eigenvalue weighted by atomic mass is 16.4. The first-order chi connectivity index (χ1) is 12.8. The summed E-state index contributed by atoms with van der Waals surface area (Å²) in [5, 5.41) is 4.63. The van der Waals surface area contributed by atoms with Gasteiger partial charge >= 0.3 is 0 Å². The summed E-state index contributed by atoms with van der Waals surface area (Å²) < 4.78 is 7.69. The Kier molecular flexibility index (Phi) is 4.15. The van der Waals surface area contributed by atoms with Gasteiger partial charge in [0.05, 0.1) is 24.5 Å². The molecule has 1 saturated heterocycles. The highest BCUT2D eigenvalue weighted by Gasteiger charge is 2.29. The fourth-order valence-corrected chi connectivity index (χ4v) is 4.35. The summed E-state index contributed by atoms with van der Waals surface area (Å²) in [6, 6.07) is 3.92. The van der Waals surface area contributed by atoms with Crippen molar-refractivity contribution in [1.29, 1.82) is 0 Å². The van der Waals surface area contributed by atoms with E-state index in [0.29, 0.717) is 18.5 Å². The van der Waals surface area contributed by atoms with Gasteiger partial charge in [0.1, 0.15) is 5.76 Å². The second kappa shape index (κ2) is 6.65. The van der Waals surface area contributed by atoms with Crippen molar-refractivity contribution in [2.45, 2.75) is 76.4 Å². The molecule has 0 spiro atoms. The van der Waals surface area contributed by atoms with Crippen LogP contribution in [0.1, 0.15) is 67.5 Å². The number of aryl methyl sites for hydroxylation is 2. The van der Waals surface area contributed by atoms with Gasteiger partial charge in [0, 0.05) is 24.4 Å². The summed E-state index contributed by atoms with van der Waals surface area (Å²) >= 11 is 0. The van der Waals surface area contributed by atoms with Crippen LogP contribution in [0.15, 0.2) is 21.3 Å². The zero-order chi connectivity index (χ0) is 17.5. The summed E-state index contributed by atoms with van der Waals surface area (Å²) in [7, 11) is 0. The van der Waals surface area contributed by atoms with Crippen LogP contribution in [0.25, 0.3) is 0 Å². The minimum Gasteiger partial charge on any atom is -0.444 e. The van der Waals surface area contributed by atoms with Crippen molar-refractivity contribution in [2.75, 3.05) is 6.54 Å². The Morgan fingerprint density at radius 2 is 2.00 bits per heavy atom. The maximum Gasteiger partial charge on any atom is 0.266 e. The van der Waals surface area contributed by atoms with Gasteiger partial charge in [-0.15, -0.1) is 0 Å². The van der Waals surface area contributed by atoms with Crippen molar-refractivity contribution in [1.82, 2.24) is 19.7 Å². The van der Waals surface area contributed by atoms with E-state index in [4.69, 9.17) is 9.40 Å². The molecule has 0 bridgehead atoms. The molecule has 1 unspecified atom stereocenters. The molecule has 0 radical (unpaired) electrons. The molecular formula is C20H26N4O2. The lowest BCUT2D eigenvalue weighted by atomic mass is 10.0. The van der Waals surface area contributed by atoms with E-state index < -0.39 is 0 Å². The molecule has 5 rings (SSSR count). The number of aromatic nitrogens is 3. The Bertz CT molecular complexity index is 828. The third kappa shape index (κ3) is 3.22. The fraction of sp³-hybridized carbons (Fsp3) is 0.650. The van der Waals surface area contributed by atoms with Crippen molar-refractivity contribution in [3.05, 3.63) is 45.5 Å². The Hall–Kier alpha value is -1.95. The molecule has 0 aromatic carbocycles. The molecule has 6 heteroatoms. The Balaban J connectivity index is 1.30. The number of hydrogen-bond donors (Lipinski definition) is 0. The van der Waals surface area contributed by atoms with E-state index in [1.54, 1.807) is 10.7 Å². The highest BCUT2D eigenvalue weighted by Crippen LogP contribution is 2.38. The van der Waals surface area contributed by atoms with Gasteiger partial charge in [-0.1, -0.05) is 0 Å². The first-order valence-electron chi connectivity index (χ1n) is 10.1. The lowest BCUT2D eigenvalue weighted by Crippen LogP contribution is -2.37. The van der Waals surface area contributed by atoms with Crippen LogP contribution in [0.4, 0.5) is 0 Å². The Labute approximate surface area is 153 Å². The molecule has 26 heavy (non-hydrogen) atoms. The number of hydrogen-bond acceptors (Lipinski definition) is 5. The van der Waals surface area contributed by atoms with Gasteiger partial charge in [-0.05, 0) is 57.6 Å². The molecule has 138 valence electrons. The van der Waals surface area contributed by atoms with Crippen LogP contribution in [0, 0.1) is 0 Å². The van der Waals surface area contributed by atoms with Gasteiger partial charge < -0.3 is 4.42 Å². The number of nitrogens with zero attached hydrogens (tertiary/aromatic N) is 4. The van der Waals surface area contributed by atoms with Crippen LogP contribution in [-0.4, -0.2) is 32.3 Å². The molecule has 2 aliphatic carbocycles. The van der Waals surface area contributed by atoms with E-state index in [0.717, 1.165) is 61.8 Å². The lowest BCUT2D eigenvalue weighted by molar-refractivity contribution is 0.196. The first-order valence-corrected chi connectivity index (χ1v) is 10.1. The molecule has 1 aliphatic heterocycles. The predicted molar refractivity (Wildman–Crippen MR) is 97.0 cm³/mol. The van der Waals surface area contributed by atoms with E-state index >= 15 is 0 Å². The number of oxazole rings is 1. The second-order valence-electron chi connectivity index (χ2n) is 8.00. The van der Waals surface area contributed by atoms with Crippen molar-refractivity contribution < 1.29 is 4.42 Å². The minimum absolute atomic E-state index is 0.00726. The molecule has 3 aliphatic rings. The van der Waals surface area contributed by atoms with Crippen LogP contribution in [0.3, 0.4) is 0 Å². The average molecular weight is 354 g/mol. The number of likely N-dealkylation sites (tertiary alicyclic amines) is 1. The van der Waals surface area contributed by atoms with Gasteiger partial charge in [-0.3, -0.25) is 9.69 Å². The Morgan fingerprint density at radius 1 is 1.12 bits per heavy atom. The largest absolute Gasteiger partial charge is 0.444 e. The van der Waals surface area contributed by atoms with Crippen molar-refractivity contribution in [3.63, 3.8) is 0 Å². The van der Waals surface area contributed by atoms with Crippen LogP contribution in [0.2, 0.25) is 0 Å². The topological polar surface area (TPSA) is 64.2 Å². The van der Waals surface area contributed by atoms with E-state index in [2.05, 4.69) is 10.00 Å². The quantitative estimate of drug-likeness (QED) is 0.826. The first kappa shape index (κ1) is 16.2. The van der Waals surface area contributed by atoms with Crippen molar-refractivity contribution in [3.8, 4) is 0 Å². The monoisotopic (exact) mass is 354 g/mol. The third-order valence-electron chi connectivity index (χ3n) is 5.99. The lowest BCUT2D eigenvalue weighted by Gasteiger charge is -2.23. The smallest absolute Gasteiger partial charge is 0.266 e. The van der Waals surface area contributed by atoms with Crippen molar-refractivity contribution >= 4 is 0 Å². The van der Waals surface area contributed by atoms with Gasteiger partial charge in [-0.25, -0.2) is 9.67 Å². The number of rotatable bonds is 5. The van der Waals surface area contributed by atoms with E-state index in [1.165, 1.54) is 25.7 Å². The fourth-order valence-electron chi connectivity index (χ4n) is 4.35. The zero-order valence-electron chi connectivity index (χ0n) is 15.2. The molecule has 0 amide bonds. The summed E-state index contributed by atoms with van der Waals surface area (Å²) in [6.07, 6.45) is 9.17. The average Bonchev–Trinajstić information content (AvgIpc) is 3.28. The van der Waals surface area contributed by atoms with E-state index in [1.807, 2.05) is 6.07 Å². The molecule has 2 aromatic heterocycles. The van der Waals surface area contributed by atoms with Gasteiger partial charge in [0.2, 0.25) is 5.89 Å². The van der Waals surface area contributed by atoms with E-state index in [-0.39, 0.29) is 5.56 Å². The normalized spacial score (nSPS) is 23.3. The molecule has 2 aromatic rings. The van der Waals surface area contributed by atoms with E-state index in [9.17, 15) is 4.79 Å². The van der Waals surface area contributed by atoms with Gasteiger partial charge in [-0.2, -0.15) is 5.10 Å². The third-order valence-corrected chi connectivity index (χ3v) is 5.99. The molecule has 0 N–H and O–H groups in total. The van der Waals surface area contributed by atoms with Crippen LogP contribution in [-0.2, 0) is 25.9 Å². The minimum atomic E-state index is 0.00726.